The molecule has 0 bridgehead atoms. The average Bonchev–Trinajstić information content (AvgIpc) is 2.50. The van der Waals surface area contributed by atoms with Crippen molar-refractivity contribution in [2.45, 2.75) is 40.0 Å². The lowest BCUT2D eigenvalue weighted by Crippen LogP contribution is -2.33. The Morgan fingerprint density at radius 1 is 1.05 bits per heavy atom. The van der Waals surface area contributed by atoms with E-state index in [0.29, 0.717) is 30.8 Å². The zero-order chi connectivity index (χ0) is 16.0. The molecule has 0 radical (unpaired) electrons. The summed E-state index contributed by atoms with van der Waals surface area (Å²) in [5.74, 6) is 1.27. The predicted molar refractivity (Wildman–Crippen MR) is 82.0 cm³/mol. The summed E-state index contributed by atoms with van der Waals surface area (Å²) in [7, 11) is 3.16. The highest BCUT2D eigenvalue weighted by atomic mass is 16.5. The molecule has 0 aliphatic rings. The monoisotopic (exact) mass is 292 g/mol. The Morgan fingerprint density at radius 3 is 2.19 bits per heavy atom. The van der Waals surface area contributed by atoms with Crippen LogP contribution in [0.5, 0.6) is 11.5 Å². The van der Waals surface area contributed by atoms with E-state index < -0.39 is 5.41 Å². The van der Waals surface area contributed by atoms with E-state index in [-0.39, 0.29) is 11.6 Å². The third-order valence-corrected chi connectivity index (χ3v) is 3.80. The van der Waals surface area contributed by atoms with E-state index >= 15 is 0 Å². The van der Waals surface area contributed by atoms with Gasteiger partial charge in [-0.3, -0.25) is 9.59 Å². The Kier molecular flexibility index (Phi) is 5.94. The fourth-order valence-electron chi connectivity index (χ4n) is 2.20. The fourth-order valence-corrected chi connectivity index (χ4v) is 2.20. The molecule has 21 heavy (non-hydrogen) atoms. The van der Waals surface area contributed by atoms with Gasteiger partial charge in [-0.25, -0.2) is 0 Å². The number of carbonyl (C=O) groups is 2. The molecule has 0 atom stereocenters. The summed E-state index contributed by atoms with van der Waals surface area (Å²) in [6.45, 7) is 5.19. The minimum atomic E-state index is -0.898. The summed E-state index contributed by atoms with van der Waals surface area (Å²) in [6.07, 6.45) is 1.31. The maximum atomic E-state index is 12.2. The van der Waals surface area contributed by atoms with E-state index in [4.69, 9.17) is 9.47 Å². The van der Waals surface area contributed by atoms with Crippen LogP contribution in [0.3, 0.4) is 0 Å². The van der Waals surface area contributed by atoms with Gasteiger partial charge >= 0.3 is 0 Å². The second-order valence-electron chi connectivity index (χ2n) is 5.51. The van der Waals surface area contributed by atoms with Gasteiger partial charge < -0.3 is 9.47 Å². The van der Waals surface area contributed by atoms with Gasteiger partial charge in [0.2, 0.25) is 0 Å². The summed E-state index contributed by atoms with van der Waals surface area (Å²) in [5.41, 5.74) is 0.0893. The van der Waals surface area contributed by atoms with Crippen LogP contribution in [-0.4, -0.2) is 25.8 Å². The van der Waals surface area contributed by atoms with Gasteiger partial charge in [0.15, 0.2) is 11.5 Å². The van der Waals surface area contributed by atoms with Crippen molar-refractivity contribution in [2.24, 2.45) is 5.41 Å². The first-order valence-electron chi connectivity index (χ1n) is 7.14. The fraction of sp³-hybridized carbons (Fsp3) is 0.529. The second kappa shape index (κ2) is 7.25. The van der Waals surface area contributed by atoms with Gasteiger partial charge in [-0.05, 0) is 38.0 Å². The standard InChI is InChI=1S/C17H24O4/c1-6-15(18)17(2,3)16(19)10-8-12-7-9-13(20-4)14(11-12)21-5/h7,9,11H,6,8,10H2,1-5H3. The van der Waals surface area contributed by atoms with Crippen LogP contribution in [0.25, 0.3) is 0 Å². The van der Waals surface area contributed by atoms with E-state index in [2.05, 4.69) is 0 Å². The molecule has 1 aromatic carbocycles. The summed E-state index contributed by atoms with van der Waals surface area (Å²) < 4.78 is 10.4. The molecule has 0 unspecified atom stereocenters. The molecule has 0 fully saturated rings. The molecule has 116 valence electrons. The topological polar surface area (TPSA) is 52.6 Å². The molecule has 4 heteroatoms. The molecule has 0 N–H and O–H groups in total. The Morgan fingerprint density at radius 2 is 1.67 bits per heavy atom. The van der Waals surface area contributed by atoms with Crippen LogP contribution in [0.15, 0.2) is 18.2 Å². The zero-order valence-corrected chi connectivity index (χ0v) is 13.5. The lowest BCUT2D eigenvalue weighted by Gasteiger charge is -2.20. The Balaban J connectivity index is 2.75. The van der Waals surface area contributed by atoms with Crippen molar-refractivity contribution in [3.63, 3.8) is 0 Å². The van der Waals surface area contributed by atoms with Crippen LogP contribution in [-0.2, 0) is 16.0 Å². The van der Waals surface area contributed by atoms with Crippen molar-refractivity contribution in [2.75, 3.05) is 14.2 Å². The van der Waals surface area contributed by atoms with E-state index in [1.165, 1.54) is 0 Å². The van der Waals surface area contributed by atoms with E-state index in [1.807, 2.05) is 18.2 Å². The predicted octanol–water partition coefficient (Wildman–Crippen LogP) is 3.21. The molecule has 0 heterocycles. The molecule has 0 amide bonds. The SMILES string of the molecule is CCC(=O)C(C)(C)C(=O)CCc1ccc(OC)c(OC)c1. The van der Waals surface area contributed by atoms with Crippen molar-refractivity contribution in [1.82, 2.24) is 0 Å². The number of ketones is 2. The molecule has 0 saturated carbocycles. The maximum Gasteiger partial charge on any atom is 0.160 e. The number of hydrogen-bond donors (Lipinski definition) is 0. The summed E-state index contributed by atoms with van der Waals surface area (Å²) in [4.78, 5) is 24.1. The van der Waals surface area contributed by atoms with Crippen LogP contribution < -0.4 is 9.47 Å². The number of Topliss-reactive ketones (excluding diaryl/α,β-unsaturated/α-hetero) is 2. The number of methoxy groups -OCH3 is 2. The summed E-state index contributed by atoms with van der Waals surface area (Å²) >= 11 is 0. The van der Waals surface area contributed by atoms with Crippen molar-refractivity contribution in [1.29, 1.82) is 0 Å². The number of carbonyl (C=O) groups excluding carboxylic acids is 2. The van der Waals surface area contributed by atoms with Crippen LogP contribution in [0.4, 0.5) is 0 Å². The molecule has 0 saturated heterocycles. The van der Waals surface area contributed by atoms with Crippen molar-refractivity contribution >= 4 is 11.6 Å². The minimum Gasteiger partial charge on any atom is -0.493 e. The lowest BCUT2D eigenvalue weighted by molar-refractivity contribution is -0.138. The molecule has 1 rings (SSSR count). The Hall–Kier alpha value is -1.84. The third-order valence-electron chi connectivity index (χ3n) is 3.80. The molecular formula is C17H24O4. The van der Waals surface area contributed by atoms with Crippen LogP contribution in [0, 0.1) is 5.41 Å². The molecule has 0 aliphatic carbocycles. The summed E-state index contributed by atoms with van der Waals surface area (Å²) in [5, 5.41) is 0. The van der Waals surface area contributed by atoms with Gasteiger partial charge in [0.05, 0.1) is 19.6 Å². The van der Waals surface area contributed by atoms with Crippen LogP contribution in [0.1, 0.15) is 39.2 Å². The normalized spacial score (nSPS) is 11.1. The van der Waals surface area contributed by atoms with Gasteiger partial charge in [0.25, 0.3) is 0 Å². The first-order chi connectivity index (χ1) is 9.86. The maximum absolute atomic E-state index is 12.2. The number of rotatable bonds is 8. The number of aryl methyl sites for hydroxylation is 1. The average molecular weight is 292 g/mol. The van der Waals surface area contributed by atoms with Gasteiger partial charge in [-0.1, -0.05) is 13.0 Å². The highest BCUT2D eigenvalue weighted by molar-refractivity contribution is 6.06. The van der Waals surface area contributed by atoms with Crippen molar-refractivity contribution in [3.8, 4) is 11.5 Å². The van der Waals surface area contributed by atoms with Gasteiger partial charge in [0.1, 0.15) is 11.6 Å². The highest BCUT2D eigenvalue weighted by Gasteiger charge is 2.33. The summed E-state index contributed by atoms with van der Waals surface area (Å²) in [6, 6.07) is 5.59. The molecular weight excluding hydrogens is 268 g/mol. The van der Waals surface area contributed by atoms with E-state index in [9.17, 15) is 9.59 Å². The Labute approximate surface area is 126 Å². The van der Waals surface area contributed by atoms with E-state index in [1.54, 1.807) is 35.0 Å². The first kappa shape index (κ1) is 17.2. The lowest BCUT2D eigenvalue weighted by atomic mass is 9.80. The number of ether oxygens (including phenoxy) is 2. The Bertz CT molecular complexity index is 518. The molecule has 0 aromatic heterocycles. The second-order valence-corrected chi connectivity index (χ2v) is 5.51. The van der Waals surface area contributed by atoms with Gasteiger partial charge in [-0.15, -0.1) is 0 Å². The van der Waals surface area contributed by atoms with Crippen LogP contribution in [0.2, 0.25) is 0 Å². The number of benzene rings is 1. The largest absolute Gasteiger partial charge is 0.493 e. The zero-order valence-electron chi connectivity index (χ0n) is 13.5. The molecule has 4 nitrogen and oxygen atoms in total. The van der Waals surface area contributed by atoms with Crippen molar-refractivity contribution < 1.29 is 19.1 Å². The minimum absolute atomic E-state index is 0.0141. The highest BCUT2D eigenvalue weighted by Crippen LogP contribution is 2.29. The molecule has 1 aromatic rings. The smallest absolute Gasteiger partial charge is 0.160 e. The first-order valence-corrected chi connectivity index (χ1v) is 7.14. The number of hydrogen-bond acceptors (Lipinski definition) is 4. The third kappa shape index (κ3) is 4.06. The molecule has 0 spiro atoms. The van der Waals surface area contributed by atoms with Crippen LogP contribution >= 0.6 is 0 Å². The van der Waals surface area contributed by atoms with Gasteiger partial charge in [0, 0.05) is 12.8 Å². The van der Waals surface area contributed by atoms with Crippen molar-refractivity contribution in [3.05, 3.63) is 23.8 Å². The quantitative estimate of drug-likeness (QED) is 0.690. The van der Waals surface area contributed by atoms with Gasteiger partial charge in [-0.2, -0.15) is 0 Å². The van der Waals surface area contributed by atoms with E-state index in [0.717, 1.165) is 5.56 Å². The molecule has 0 aliphatic heterocycles.